The number of carboxylic acids is 1. The monoisotopic (exact) mass is 296 g/mol. The zero-order valence-corrected chi connectivity index (χ0v) is 11.8. The predicted molar refractivity (Wildman–Crippen MR) is 69.0 cm³/mol. The second-order valence-electron chi connectivity index (χ2n) is 4.27. The average Bonchev–Trinajstić information content (AvgIpc) is 2.69. The third-order valence-electron chi connectivity index (χ3n) is 2.71. The van der Waals surface area contributed by atoms with Gasteiger partial charge in [0.1, 0.15) is 5.69 Å². The number of aryl methyl sites for hydroxylation is 2. The Hall–Kier alpha value is -2.29. The van der Waals surface area contributed by atoms with Crippen LogP contribution in [0.4, 0.5) is 0 Å². The normalized spacial score (nSPS) is 11.6. The van der Waals surface area contributed by atoms with E-state index in [9.17, 15) is 13.2 Å². The molecular formula is C11H12N4O4S. The van der Waals surface area contributed by atoms with Crippen molar-refractivity contribution in [1.82, 2.24) is 20.0 Å². The maximum absolute atomic E-state index is 11.5. The summed E-state index contributed by atoms with van der Waals surface area (Å²) in [4.78, 5) is 15.4. The van der Waals surface area contributed by atoms with E-state index in [2.05, 4.69) is 15.3 Å². The van der Waals surface area contributed by atoms with Gasteiger partial charge in [0.2, 0.25) is 0 Å². The van der Waals surface area contributed by atoms with Gasteiger partial charge in [-0.15, -0.1) is 5.10 Å². The fraction of sp³-hybridized carbons (Fsp3) is 0.273. The second kappa shape index (κ2) is 4.67. The standard InChI is InChI=1S/C11H12N4O4S/c1-6-8(20(3,18)19)5-4-7(12-6)9-10(11(16)17)15(2)14-13-9/h4-5H,1-3H3,(H,16,17). The molecule has 0 spiro atoms. The lowest BCUT2D eigenvalue weighted by atomic mass is 10.2. The van der Waals surface area contributed by atoms with Gasteiger partial charge < -0.3 is 5.11 Å². The van der Waals surface area contributed by atoms with Gasteiger partial charge >= 0.3 is 5.97 Å². The highest BCUT2D eigenvalue weighted by Gasteiger charge is 2.21. The maximum Gasteiger partial charge on any atom is 0.356 e. The number of carbonyl (C=O) groups is 1. The van der Waals surface area contributed by atoms with Gasteiger partial charge in [-0.05, 0) is 19.1 Å². The molecule has 0 aromatic carbocycles. The van der Waals surface area contributed by atoms with Crippen molar-refractivity contribution in [3.8, 4) is 11.4 Å². The van der Waals surface area contributed by atoms with Crippen LogP contribution in [0.5, 0.6) is 0 Å². The highest BCUT2D eigenvalue weighted by Crippen LogP contribution is 2.22. The van der Waals surface area contributed by atoms with Gasteiger partial charge in [-0.2, -0.15) is 0 Å². The largest absolute Gasteiger partial charge is 0.476 e. The first-order chi connectivity index (χ1) is 9.21. The number of carboxylic acid groups (broad SMARTS) is 1. The van der Waals surface area contributed by atoms with Crippen molar-refractivity contribution in [2.24, 2.45) is 7.05 Å². The highest BCUT2D eigenvalue weighted by molar-refractivity contribution is 7.90. The van der Waals surface area contributed by atoms with E-state index in [1.807, 2.05) is 0 Å². The lowest BCUT2D eigenvalue weighted by Crippen LogP contribution is -2.08. The molecule has 1 N–H and O–H groups in total. The minimum atomic E-state index is -3.37. The van der Waals surface area contributed by atoms with Crippen LogP contribution in [0.1, 0.15) is 16.2 Å². The molecule has 0 bridgehead atoms. The molecule has 0 aliphatic rings. The van der Waals surface area contributed by atoms with Crippen molar-refractivity contribution in [1.29, 1.82) is 0 Å². The van der Waals surface area contributed by atoms with Crippen molar-refractivity contribution >= 4 is 15.8 Å². The van der Waals surface area contributed by atoms with E-state index in [-0.39, 0.29) is 27.7 Å². The van der Waals surface area contributed by atoms with Gasteiger partial charge in [-0.3, -0.25) is 0 Å². The Morgan fingerprint density at radius 1 is 1.35 bits per heavy atom. The summed E-state index contributed by atoms with van der Waals surface area (Å²) in [5, 5.41) is 16.5. The molecule has 2 heterocycles. The molecule has 2 rings (SSSR count). The summed E-state index contributed by atoms with van der Waals surface area (Å²) in [5.41, 5.74) is 0.541. The van der Waals surface area contributed by atoms with Crippen LogP contribution in [0.25, 0.3) is 11.4 Å². The SMILES string of the molecule is Cc1nc(-c2nnn(C)c2C(=O)O)ccc1S(C)(=O)=O. The number of hydrogen-bond donors (Lipinski definition) is 1. The zero-order chi connectivity index (χ0) is 15.1. The predicted octanol–water partition coefficient (Wildman–Crippen LogP) is 0.287. The van der Waals surface area contributed by atoms with Crippen LogP contribution in [0.2, 0.25) is 0 Å². The fourth-order valence-electron chi connectivity index (χ4n) is 1.84. The van der Waals surface area contributed by atoms with Crippen LogP contribution in [-0.2, 0) is 16.9 Å². The van der Waals surface area contributed by atoms with Crippen LogP contribution in [-0.4, -0.2) is 45.7 Å². The molecule has 0 unspecified atom stereocenters. The first-order valence-corrected chi connectivity index (χ1v) is 7.42. The first kappa shape index (κ1) is 14.1. The van der Waals surface area contributed by atoms with Crippen molar-refractivity contribution in [2.75, 3.05) is 6.26 Å². The van der Waals surface area contributed by atoms with Crippen molar-refractivity contribution in [3.63, 3.8) is 0 Å². The molecule has 0 aliphatic heterocycles. The van der Waals surface area contributed by atoms with Crippen molar-refractivity contribution in [2.45, 2.75) is 11.8 Å². The smallest absolute Gasteiger partial charge is 0.356 e. The molecule has 20 heavy (non-hydrogen) atoms. The molecule has 0 saturated carbocycles. The number of pyridine rings is 1. The average molecular weight is 296 g/mol. The van der Waals surface area contributed by atoms with Gasteiger partial charge in [0.25, 0.3) is 0 Å². The lowest BCUT2D eigenvalue weighted by molar-refractivity contribution is 0.0686. The van der Waals surface area contributed by atoms with Crippen LogP contribution in [0.3, 0.4) is 0 Å². The Kier molecular flexibility index (Phi) is 3.30. The van der Waals surface area contributed by atoms with Crippen molar-refractivity contribution in [3.05, 3.63) is 23.5 Å². The van der Waals surface area contributed by atoms with Gasteiger partial charge in [0, 0.05) is 13.3 Å². The van der Waals surface area contributed by atoms with E-state index >= 15 is 0 Å². The van der Waals surface area contributed by atoms with Crippen LogP contribution in [0.15, 0.2) is 17.0 Å². The number of rotatable bonds is 3. The van der Waals surface area contributed by atoms with E-state index < -0.39 is 15.8 Å². The summed E-state index contributed by atoms with van der Waals surface area (Å²) < 4.78 is 24.2. The van der Waals surface area contributed by atoms with Crippen LogP contribution >= 0.6 is 0 Å². The fourth-order valence-corrected chi connectivity index (χ4v) is 2.74. The molecule has 0 fully saturated rings. The molecule has 0 radical (unpaired) electrons. The van der Waals surface area contributed by atoms with Gasteiger partial charge in [-0.25, -0.2) is 22.9 Å². The Morgan fingerprint density at radius 3 is 2.50 bits per heavy atom. The third kappa shape index (κ3) is 2.39. The van der Waals surface area contributed by atoms with Gasteiger partial charge in [0.15, 0.2) is 15.5 Å². The first-order valence-electron chi connectivity index (χ1n) is 5.53. The van der Waals surface area contributed by atoms with E-state index in [4.69, 9.17) is 5.11 Å². The van der Waals surface area contributed by atoms with E-state index in [1.165, 1.54) is 26.1 Å². The number of sulfone groups is 1. The van der Waals surface area contributed by atoms with Crippen molar-refractivity contribution < 1.29 is 18.3 Å². The summed E-state index contributed by atoms with van der Waals surface area (Å²) in [7, 11) is -1.92. The molecular weight excluding hydrogens is 284 g/mol. The Balaban J connectivity index is 2.62. The van der Waals surface area contributed by atoms with Crippen LogP contribution < -0.4 is 0 Å². The van der Waals surface area contributed by atoms with E-state index in [0.717, 1.165) is 10.9 Å². The molecule has 106 valence electrons. The third-order valence-corrected chi connectivity index (χ3v) is 3.94. The molecule has 9 heteroatoms. The van der Waals surface area contributed by atoms with E-state index in [1.54, 1.807) is 0 Å². The Bertz CT molecular complexity index is 795. The van der Waals surface area contributed by atoms with E-state index in [0.29, 0.717) is 0 Å². The molecule has 2 aromatic rings. The summed E-state index contributed by atoms with van der Waals surface area (Å²) >= 11 is 0. The lowest BCUT2D eigenvalue weighted by Gasteiger charge is -2.05. The second-order valence-corrected chi connectivity index (χ2v) is 6.25. The quantitative estimate of drug-likeness (QED) is 0.865. The van der Waals surface area contributed by atoms with Gasteiger partial charge in [-0.1, -0.05) is 5.21 Å². The highest BCUT2D eigenvalue weighted by atomic mass is 32.2. The molecule has 2 aromatic heterocycles. The molecule has 0 amide bonds. The summed E-state index contributed by atoms with van der Waals surface area (Å²) in [6.45, 7) is 1.54. The summed E-state index contributed by atoms with van der Waals surface area (Å²) in [6.07, 6.45) is 1.09. The minimum absolute atomic E-state index is 0.0991. The molecule has 0 aliphatic carbocycles. The number of nitrogens with zero attached hydrogens (tertiary/aromatic N) is 4. The number of aromatic nitrogens is 4. The number of hydrogen-bond acceptors (Lipinski definition) is 6. The maximum atomic E-state index is 11.5. The molecule has 0 atom stereocenters. The minimum Gasteiger partial charge on any atom is -0.476 e. The Labute approximate surface area is 115 Å². The molecule has 8 nitrogen and oxygen atoms in total. The van der Waals surface area contributed by atoms with Crippen LogP contribution in [0, 0.1) is 6.92 Å². The summed E-state index contributed by atoms with van der Waals surface area (Å²) in [6, 6.07) is 2.80. The Morgan fingerprint density at radius 2 is 2.00 bits per heavy atom. The topological polar surface area (TPSA) is 115 Å². The molecule has 0 saturated heterocycles. The zero-order valence-electron chi connectivity index (χ0n) is 11.0. The van der Waals surface area contributed by atoms with Gasteiger partial charge in [0.05, 0.1) is 16.3 Å². The number of aromatic carboxylic acids is 1. The summed E-state index contributed by atoms with van der Waals surface area (Å²) in [5.74, 6) is -1.18.